The highest BCUT2D eigenvalue weighted by Gasteiger charge is 2.10. The quantitative estimate of drug-likeness (QED) is 0.616. The number of benzene rings is 2. The molecule has 4 nitrogen and oxygen atoms in total. The number of ether oxygens (including phenoxy) is 1. The lowest BCUT2D eigenvalue weighted by molar-refractivity contribution is 0.214. The van der Waals surface area contributed by atoms with E-state index in [1.165, 1.54) is 7.11 Å². The van der Waals surface area contributed by atoms with Gasteiger partial charge in [0.15, 0.2) is 5.71 Å². The molecule has 0 heterocycles. The van der Waals surface area contributed by atoms with Crippen molar-refractivity contribution in [2.45, 2.75) is 13.5 Å². The smallest absolute Gasteiger partial charge is 0.187 e. The lowest BCUT2D eigenvalue weighted by Crippen LogP contribution is -2.06. The summed E-state index contributed by atoms with van der Waals surface area (Å²) in [5, 5.41) is 13.6. The van der Waals surface area contributed by atoms with E-state index in [2.05, 4.69) is 5.16 Å². The Labute approximate surface area is 134 Å². The fourth-order valence-corrected chi connectivity index (χ4v) is 2.08. The lowest BCUT2D eigenvalue weighted by atomic mass is 10.0. The molecule has 0 aliphatic carbocycles. The maximum atomic E-state index is 9.17. The number of hydrogen-bond acceptors (Lipinski definition) is 4. The van der Waals surface area contributed by atoms with Gasteiger partial charge in [0.1, 0.15) is 25.5 Å². The van der Waals surface area contributed by atoms with Gasteiger partial charge in [-0.1, -0.05) is 41.0 Å². The Kier molecular flexibility index (Phi) is 5.40. The van der Waals surface area contributed by atoms with E-state index >= 15 is 0 Å². The Bertz CT molecular complexity index is 736. The molecule has 0 unspecified atom stereocenters. The average molecular weight is 315 g/mol. The zero-order valence-corrected chi connectivity index (χ0v) is 13.1. The monoisotopic (exact) mass is 314 g/mol. The first-order valence-corrected chi connectivity index (χ1v) is 7.02. The summed E-state index contributed by atoms with van der Waals surface area (Å²) in [6.45, 7) is 2.24. The van der Waals surface area contributed by atoms with E-state index < -0.39 is 0 Å². The molecular weight excluding hydrogens is 300 g/mol. The van der Waals surface area contributed by atoms with E-state index in [1.54, 1.807) is 6.07 Å². The molecule has 2 rings (SSSR count). The number of nitrogens with zero attached hydrogens (tertiary/aromatic N) is 2. The maximum absolute atomic E-state index is 9.17. The number of halogens is 1. The van der Waals surface area contributed by atoms with E-state index in [0.29, 0.717) is 17.2 Å². The van der Waals surface area contributed by atoms with Crippen LogP contribution in [0.3, 0.4) is 0 Å². The predicted octanol–water partition coefficient (Wildman–Crippen LogP) is 4.10. The zero-order chi connectivity index (χ0) is 15.9. The predicted molar refractivity (Wildman–Crippen MR) is 86.1 cm³/mol. The molecule has 0 radical (unpaired) electrons. The number of rotatable bonds is 5. The van der Waals surface area contributed by atoms with Crippen molar-refractivity contribution in [3.05, 3.63) is 64.2 Å². The second-order valence-electron chi connectivity index (χ2n) is 4.59. The van der Waals surface area contributed by atoms with Gasteiger partial charge in [-0.3, -0.25) is 0 Å². The summed E-state index contributed by atoms with van der Waals surface area (Å²) in [4.78, 5) is 4.71. The minimum absolute atomic E-state index is 0.217. The Hall–Kier alpha value is -2.51. The van der Waals surface area contributed by atoms with Crippen LogP contribution >= 0.6 is 11.6 Å². The third-order valence-electron chi connectivity index (χ3n) is 3.08. The minimum atomic E-state index is 0.217. The number of nitriles is 1. The molecule has 0 aromatic heterocycles. The van der Waals surface area contributed by atoms with E-state index in [-0.39, 0.29) is 5.71 Å². The largest absolute Gasteiger partial charge is 0.489 e. The van der Waals surface area contributed by atoms with Crippen LogP contribution < -0.4 is 4.74 Å². The Morgan fingerprint density at radius 2 is 2.05 bits per heavy atom. The van der Waals surface area contributed by atoms with Crippen molar-refractivity contribution in [1.82, 2.24) is 0 Å². The molecule has 5 heteroatoms. The molecule has 22 heavy (non-hydrogen) atoms. The summed E-state index contributed by atoms with van der Waals surface area (Å²) < 4.78 is 5.78. The van der Waals surface area contributed by atoms with Crippen molar-refractivity contribution >= 4 is 17.3 Å². The second-order valence-corrected chi connectivity index (χ2v) is 5.00. The molecule has 0 amide bonds. The van der Waals surface area contributed by atoms with E-state index in [0.717, 1.165) is 16.9 Å². The summed E-state index contributed by atoms with van der Waals surface area (Å²) >= 11 is 6.00. The summed E-state index contributed by atoms with van der Waals surface area (Å²) in [5.74, 6) is 0.721. The molecule has 2 aromatic carbocycles. The topological polar surface area (TPSA) is 54.6 Å². The van der Waals surface area contributed by atoms with Crippen LogP contribution in [0, 0.1) is 18.3 Å². The van der Waals surface area contributed by atoms with Crippen molar-refractivity contribution in [2.75, 3.05) is 7.11 Å². The van der Waals surface area contributed by atoms with Crippen molar-refractivity contribution in [3.8, 4) is 11.8 Å². The minimum Gasteiger partial charge on any atom is -0.489 e. The number of oxime groups is 1. The van der Waals surface area contributed by atoms with Crippen LogP contribution in [0.2, 0.25) is 5.02 Å². The first kappa shape index (κ1) is 15.9. The molecule has 0 aliphatic rings. The van der Waals surface area contributed by atoms with Crippen LogP contribution in [0.15, 0.2) is 47.6 Å². The third kappa shape index (κ3) is 3.78. The van der Waals surface area contributed by atoms with Crippen LogP contribution in [-0.4, -0.2) is 12.8 Å². The van der Waals surface area contributed by atoms with Crippen LogP contribution in [0.1, 0.15) is 16.7 Å². The van der Waals surface area contributed by atoms with Crippen LogP contribution in [0.25, 0.3) is 0 Å². The van der Waals surface area contributed by atoms with Crippen molar-refractivity contribution in [1.29, 1.82) is 5.26 Å². The highest BCUT2D eigenvalue weighted by Crippen LogP contribution is 2.22. The molecule has 0 saturated heterocycles. The molecule has 112 valence electrons. The molecule has 0 bridgehead atoms. The molecule has 0 N–H and O–H groups in total. The average Bonchev–Trinajstić information content (AvgIpc) is 2.54. The summed E-state index contributed by atoms with van der Waals surface area (Å²) in [6.07, 6.45) is 0. The van der Waals surface area contributed by atoms with Gasteiger partial charge < -0.3 is 9.57 Å². The van der Waals surface area contributed by atoms with E-state index in [4.69, 9.17) is 21.2 Å². The number of aryl methyl sites for hydroxylation is 1. The van der Waals surface area contributed by atoms with Crippen molar-refractivity contribution < 1.29 is 9.57 Å². The SMILES string of the molecule is CO/N=C(/C#N)c1ccccc1COc1ccc(Cl)c(C)c1. The number of hydrogen-bond donors (Lipinski definition) is 0. The van der Waals surface area contributed by atoms with Gasteiger partial charge >= 0.3 is 0 Å². The van der Waals surface area contributed by atoms with Crippen LogP contribution in [0.5, 0.6) is 5.75 Å². The molecule has 0 spiro atoms. The standard InChI is InChI=1S/C17H15ClN2O2/c1-12-9-14(7-8-16(12)18)22-11-13-5-3-4-6-15(13)17(10-19)20-21-2/h3-9H,11H2,1-2H3/b20-17-. The highest BCUT2D eigenvalue weighted by molar-refractivity contribution is 6.31. The first-order valence-electron chi connectivity index (χ1n) is 6.64. The highest BCUT2D eigenvalue weighted by atomic mass is 35.5. The molecular formula is C17H15ClN2O2. The first-order chi connectivity index (χ1) is 10.7. The van der Waals surface area contributed by atoms with Crippen LogP contribution in [-0.2, 0) is 11.4 Å². The molecule has 0 aliphatic heterocycles. The normalized spacial score (nSPS) is 10.9. The van der Waals surface area contributed by atoms with Gasteiger partial charge in [0, 0.05) is 10.6 Å². The zero-order valence-electron chi connectivity index (χ0n) is 12.3. The lowest BCUT2D eigenvalue weighted by Gasteiger charge is -2.10. The summed E-state index contributed by atoms with van der Waals surface area (Å²) in [6, 6.07) is 14.9. The third-order valence-corrected chi connectivity index (χ3v) is 3.51. The van der Waals surface area contributed by atoms with Gasteiger partial charge in [-0.05, 0) is 36.2 Å². The fourth-order valence-electron chi connectivity index (χ4n) is 1.97. The van der Waals surface area contributed by atoms with Crippen LogP contribution in [0.4, 0.5) is 0 Å². The Balaban J connectivity index is 2.21. The van der Waals surface area contributed by atoms with Crippen molar-refractivity contribution in [2.24, 2.45) is 5.16 Å². The van der Waals surface area contributed by atoms with Gasteiger partial charge in [0.2, 0.25) is 0 Å². The van der Waals surface area contributed by atoms with Gasteiger partial charge in [0.05, 0.1) is 0 Å². The maximum Gasteiger partial charge on any atom is 0.187 e. The van der Waals surface area contributed by atoms with Gasteiger partial charge in [-0.2, -0.15) is 5.26 Å². The van der Waals surface area contributed by atoms with Gasteiger partial charge in [-0.25, -0.2) is 0 Å². The second kappa shape index (κ2) is 7.48. The van der Waals surface area contributed by atoms with E-state index in [9.17, 15) is 5.26 Å². The van der Waals surface area contributed by atoms with Gasteiger partial charge in [0.25, 0.3) is 0 Å². The molecule has 0 fully saturated rings. The van der Waals surface area contributed by atoms with Crippen molar-refractivity contribution in [3.63, 3.8) is 0 Å². The Morgan fingerprint density at radius 1 is 1.27 bits per heavy atom. The Morgan fingerprint density at radius 3 is 2.73 bits per heavy atom. The van der Waals surface area contributed by atoms with Gasteiger partial charge in [-0.15, -0.1) is 0 Å². The summed E-state index contributed by atoms with van der Waals surface area (Å²) in [7, 11) is 1.41. The molecule has 0 saturated carbocycles. The fraction of sp³-hybridized carbons (Fsp3) is 0.176. The molecule has 0 atom stereocenters. The molecule has 2 aromatic rings. The summed E-state index contributed by atoms with van der Waals surface area (Å²) in [5.41, 5.74) is 2.71. The van der Waals surface area contributed by atoms with E-state index in [1.807, 2.05) is 49.4 Å².